The first-order valence-electron chi connectivity index (χ1n) is 2.71. The fourth-order valence-corrected chi connectivity index (χ4v) is 0.867. The maximum Gasteiger partial charge on any atom is 0.0204 e. The summed E-state index contributed by atoms with van der Waals surface area (Å²) in [6.07, 6.45) is 2.25. The molecule has 0 aromatic carbocycles. The molecule has 1 atom stereocenters. The molecule has 1 aliphatic heterocycles. The van der Waals surface area contributed by atoms with Gasteiger partial charge in [0.2, 0.25) is 0 Å². The molecular formula is C6H11N. The Bertz CT molecular complexity index is 94.4. The van der Waals surface area contributed by atoms with Crippen molar-refractivity contribution >= 4 is 0 Å². The number of hydrogen-bond acceptors (Lipinski definition) is 1. The molecule has 1 aliphatic rings. The Labute approximate surface area is 44.4 Å². The van der Waals surface area contributed by atoms with Crippen molar-refractivity contribution < 1.29 is 0 Å². The third-order valence-corrected chi connectivity index (χ3v) is 1.24. The predicted molar refractivity (Wildman–Crippen MR) is 30.9 cm³/mol. The molecule has 7 heavy (non-hydrogen) atoms. The zero-order valence-electron chi connectivity index (χ0n) is 4.86. The summed E-state index contributed by atoms with van der Waals surface area (Å²) < 4.78 is 0. The minimum absolute atomic E-state index is 0.750. The molecule has 0 radical (unpaired) electrons. The summed E-state index contributed by atoms with van der Waals surface area (Å²) in [6.45, 7) is 5.44. The van der Waals surface area contributed by atoms with Gasteiger partial charge in [0.05, 0.1) is 0 Å². The number of allylic oxidation sites excluding steroid dienone is 1. The van der Waals surface area contributed by atoms with Crippen molar-refractivity contribution in [3.05, 3.63) is 11.8 Å². The molecule has 1 unspecified atom stereocenters. The lowest BCUT2D eigenvalue weighted by Crippen LogP contribution is -2.07. The van der Waals surface area contributed by atoms with Crippen LogP contribution in [0.2, 0.25) is 0 Å². The zero-order valence-corrected chi connectivity index (χ0v) is 4.86. The van der Waals surface area contributed by atoms with Gasteiger partial charge in [0, 0.05) is 12.2 Å². The van der Waals surface area contributed by atoms with Crippen LogP contribution in [-0.2, 0) is 0 Å². The number of hydrogen-bond donors (Lipinski definition) is 1. The highest BCUT2D eigenvalue weighted by molar-refractivity contribution is 5.04. The van der Waals surface area contributed by atoms with Crippen molar-refractivity contribution in [1.82, 2.24) is 5.32 Å². The van der Waals surface area contributed by atoms with E-state index in [1.165, 1.54) is 5.70 Å². The molecule has 0 fully saturated rings. The lowest BCUT2D eigenvalue weighted by Gasteiger charge is -1.93. The van der Waals surface area contributed by atoms with E-state index < -0.39 is 0 Å². The van der Waals surface area contributed by atoms with E-state index in [1.54, 1.807) is 0 Å². The van der Waals surface area contributed by atoms with E-state index in [9.17, 15) is 0 Å². The fraction of sp³-hybridized carbons (Fsp3) is 0.667. The molecule has 0 saturated heterocycles. The lowest BCUT2D eigenvalue weighted by atomic mass is 10.2. The van der Waals surface area contributed by atoms with Gasteiger partial charge in [0.25, 0.3) is 0 Å². The van der Waals surface area contributed by atoms with Gasteiger partial charge in [-0.05, 0) is 12.8 Å². The zero-order chi connectivity index (χ0) is 5.28. The Hall–Kier alpha value is -0.460. The van der Waals surface area contributed by atoms with E-state index >= 15 is 0 Å². The first kappa shape index (κ1) is 4.69. The lowest BCUT2D eigenvalue weighted by molar-refractivity contribution is 0.715. The van der Waals surface area contributed by atoms with Gasteiger partial charge in [-0.1, -0.05) is 13.0 Å². The summed E-state index contributed by atoms with van der Waals surface area (Å²) in [6, 6.07) is 0. The van der Waals surface area contributed by atoms with Gasteiger partial charge >= 0.3 is 0 Å². The Balaban J connectivity index is 2.50. The highest BCUT2D eigenvalue weighted by atomic mass is 14.9. The van der Waals surface area contributed by atoms with Crippen LogP contribution in [0.5, 0.6) is 0 Å². The monoisotopic (exact) mass is 97.1 g/mol. The van der Waals surface area contributed by atoms with Crippen LogP contribution in [-0.4, -0.2) is 6.54 Å². The third kappa shape index (κ3) is 0.952. The van der Waals surface area contributed by atoms with E-state index in [0.29, 0.717) is 0 Å². The minimum Gasteiger partial charge on any atom is -0.388 e. The first-order chi connectivity index (χ1) is 3.29. The Kier molecular flexibility index (Phi) is 1.05. The molecule has 40 valence electrons. The van der Waals surface area contributed by atoms with Gasteiger partial charge in [0.1, 0.15) is 0 Å². The quantitative estimate of drug-likeness (QED) is 0.477. The van der Waals surface area contributed by atoms with Crippen molar-refractivity contribution in [2.24, 2.45) is 5.92 Å². The van der Waals surface area contributed by atoms with Crippen LogP contribution in [0.1, 0.15) is 13.8 Å². The molecule has 0 aromatic heterocycles. The largest absolute Gasteiger partial charge is 0.388 e. The average Bonchev–Trinajstić information content (AvgIpc) is 1.87. The normalized spacial score (nSPS) is 29.4. The van der Waals surface area contributed by atoms with Gasteiger partial charge in [-0.25, -0.2) is 0 Å². The van der Waals surface area contributed by atoms with Gasteiger partial charge in [-0.3, -0.25) is 0 Å². The van der Waals surface area contributed by atoms with E-state index in [2.05, 4.69) is 25.2 Å². The molecule has 1 nitrogen and oxygen atoms in total. The third-order valence-electron chi connectivity index (χ3n) is 1.24. The molecule has 0 spiro atoms. The molecule has 0 aromatic rings. The van der Waals surface area contributed by atoms with Gasteiger partial charge in [-0.2, -0.15) is 0 Å². The van der Waals surface area contributed by atoms with Crippen LogP contribution in [0.15, 0.2) is 11.8 Å². The Morgan fingerprint density at radius 2 is 2.57 bits per heavy atom. The van der Waals surface area contributed by atoms with Gasteiger partial charge in [0.15, 0.2) is 0 Å². The molecule has 1 heterocycles. The molecule has 1 heteroatoms. The van der Waals surface area contributed by atoms with Crippen LogP contribution in [0.4, 0.5) is 0 Å². The number of nitrogens with one attached hydrogen (secondary N) is 1. The van der Waals surface area contributed by atoms with Crippen molar-refractivity contribution in [3.8, 4) is 0 Å². The smallest absolute Gasteiger partial charge is 0.0204 e. The first-order valence-corrected chi connectivity index (χ1v) is 2.71. The second-order valence-corrected chi connectivity index (χ2v) is 2.21. The van der Waals surface area contributed by atoms with E-state index in [-0.39, 0.29) is 0 Å². The van der Waals surface area contributed by atoms with Crippen LogP contribution in [0.3, 0.4) is 0 Å². The summed E-state index contributed by atoms with van der Waals surface area (Å²) >= 11 is 0. The number of rotatable bonds is 0. The molecule has 1 rings (SSSR count). The van der Waals surface area contributed by atoms with Gasteiger partial charge in [-0.15, -0.1) is 0 Å². The summed E-state index contributed by atoms with van der Waals surface area (Å²) in [5.41, 5.74) is 1.33. The van der Waals surface area contributed by atoms with E-state index in [1.807, 2.05) is 0 Å². The van der Waals surface area contributed by atoms with Crippen LogP contribution < -0.4 is 5.32 Å². The highest BCUT2D eigenvalue weighted by Crippen LogP contribution is 2.05. The Morgan fingerprint density at radius 3 is 2.71 bits per heavy atom. The van der Waals surface area contributed by atoms with Crippen LogP contribution in [0.25, 0.3) is 0 Å². The van der Waals surface area contributed by atoms with Crippen molar-refractivity contribution in [2.75, 3.05) is 6.54 Å². The average molecular weight is 97.2 g/mol. The minimum atomic E-state index is 0.750. The second kappa shape index (κ2) is 1.57. The summed E-state index contributed by atoms with van der Waals surface area (Å²) in [5, 5.41) is 3.23. The van der Waals surface area contributed by atoms with Crippen molar-refractivity contribution in [1.29, 1.82) is 0 Å². The topological polar surface area (TPSA) is 12.0 Å². The van der Waals surface area contributed by atoms with Crippen molar-refractivity contribution in [2.45, 2.75) is 13.8 Å². The summed E-state index contributed by atoms with van der Waals surface area (Å²) in [7, 11) is 0. The second-order valence-electron chi connectivity index (χ2n) is 2.21. The van der Waals surface area contributed by atoms with E-state index in [0.717, 1.165) is 12.5 Å². The van der Waals surface area contributed by atoms with Gasteiger partial charge < -0.3 is 5.32 Å². The maximum atomic E-state index is 3.23. The predicted octanol–water partition coefficient (Wildman–Crippen LogP) is 1.13. The summed E-state index contributed by atoms with van der Waals surface area (Å²) in [4.78, 5) is 0. The SMILES string of the molecule is CC1=CC(C)CN1. The maximum absolute atomic E-state index is 3.23. The fourth-order valence-electron chi connectivity index (χ4n) is 0.867. The molecular weight excluding hydrogens is 86.1 g/mol. The van der Waals surface area contributed by atoms with E-state index in [4.69, 9.17) is 0 Å². The van der Waals surface area contributed by atoms with Crippen LogP contribution in [0, 0.1) is 5.92 Å². The molecule has 0 saturated carbocycles. The molecule has 1 N–H and O–H groups in total. The summed E-state index contributed by atoms with van der Waals surface area (Å²) in [5.74, 6) is 0.750. The highest BCUT2D eigenvalue weighted by Gasteiger charge is 2.03. The molecule has 0 amide bonds. The van der Waals surface area contributed by atoms with Crippen LogP contribution >= 0.6 is 0 Å². The molecule has 0 bridgehead atoms. The standard InChI is InChI=1S/C6H11N/c1-5-3-6(2)7-4-5/h3,5,7H,4H2,1-2H3. The van der Waals surface area contributed by atoms with Crippen molar-refractivity contribution in [3.63, 3.8) is 0 Å². The Morgan fingerprint density at radius 1 is 1.86 bits per heavy atom. The molecule has 0 aliphatic carbocycles.